The van der Waals surface area contributed by atoms with Crippen LogP contribution < -0.4 is 5.32 Å². The first kappa shape index (κ1) is 14.3. The van der Waals surface area contributed by atoms with Crippen LogP contribution in [-0.2, 0) is 7.05 Å². The molecule has 2 atom stereocenters. The van der Waals surface area contributed by atoms with Crippen molar-refractivity contribution in [2.24, 2.45) is 7.05 Å². The average Bonchev–Trinajstić information content (AvgIpc) is 3.14. The van der Waals surface area contributed by atoms with E-state index in [4.69, 9.17) is 4.52 Å². The predicted octanol–water partition coefficient (Wildman–Crippen LogP) is 2.50. The van der Waals surface area contributed by atoms with Crippen LogP contribution in [-0.4, -0.2) is 32.5 Å². The van der Waals surface area contributed by atoms with E-state index in [0.717, 1.165) is 30.8 Å². The van der Waals surface area contributed by atoms with Crippen molar-refractivity contribution in [2.45, 2.75) is 51.0 Å². The summed E-state index contributed by atoms with van der Waals surface area (Å²) in [5.41, 5.74) is 0.904. The quantitative estimate of drug-likeness (QED) is 0.916. The van der Waals surface area contributed by atoms with Crippen molar-refractivity contribution in [1.82, 2.24) is 25.2 Å². The Morgan fingerprint density at radius 1 is 1.38 bits per heavy atom. The smallest absolute Gasteiger partial charge is 0.231 e. The summed E-state index contributed by atoms with van der Waals surface area (Å²) < 4.78 is 7.29. The highest BCUT2D eigenvalue weighted by Gasteiger charge is 2.30. The van der Waals surface area contributed by atoms with Crippen LogP contribution in [0.15, 0.2) is 16.9 Å². The molecule has 1 aliphatic rings. The summed E-state index contributed by atoms with van der Waals surface area (Å²) in [6.45, 7) is 3.24. The van der Waals surface area contributed by atoms with Crippen molar-refractivity contribution in [3.8, 4) is 11.4 Å². The largest absolute Gasteiger partial charge is 0.339 e. The van der Waals surface area contributed by atoms with Crippen molar-refractivity contribution >= 4 is 0 Å². The lowest BCUT2D eigenvalue weighted by molar-refractivity contribution is 0.263. The van der Waals surface area contributed by atoms with Crippen molar-refractivity contribution in [3.63, 3.8) is 0 Å². The van der Waals surface area contributed by atoms with Gasteiger partial charge in [-0.05, 0) is 25.8 Å². The van der Waals surface area contributed by atoms with Crippen LogP contribution in [0, 0.1) is 0 Å². The Balaban J connectivity index is 1.77. The maximum Gasteiger partial charge on any atom is 0.231 e. The molecule has 0 radical (unpaired) electrons. The van der Waals surface area contributed by atoms with Crippen molar-refractivity contribution in [2.75, 3.05) is 6.54 Å². The molecule has 1 saturated carbocycles. The van der Waals surface area contributed by atoms with Gasteiger partial charge in [0.15, 0.2) is 0 Å². The molecular weight excluding hydrogens is 266 g/mol. The second-order valence-corrected chi connectivity index (χ2v) is 5.81. The normalized spacial score (nSPS) is 22.6. The number of aryl methyl sites for hydroxylation is 1. The van der Waals surface area contributed by atoms with E-state index in [2.05, 4.69) is 27.5 Å². The zero-order valence-electron chi connectivity index (χ0n) is 12.7. The molecule has 0 bridgehead atoms. The molecule has 3 rings (SSSR count). The molecule has 2 unspecified atom stereocenters. The van der Waals surface area contributed by atoms with Crippen molar-refractivity contribution in [3.05, 3.63) is 18.3 Å². The van der Waals surface area contributed by atoms with Gasteiger partial charge in [0.05, 0.1) is 17.7 Å². The van der Waals surface area contributed by atoms with Crippen LogP contribution in [0.2, 0.25) is 0 Å². The summed E-state index contributed by atoms with van der Waals surface area (Å²) in [7, 11) is 1.89. The van der Waals surface area contributed by atoms with Gasteiger partial charge in [-0.3, -0.25) is 4.68 Å². The molecule has 21 heavy (non-hydrogen) atoms. The molecule has 1 aliphatic carbocycles. The Labute approximate surface area is 124 Å². The van der Waals surface area contributed by atoms with Gasteiger partial charge in [0.25, 0.3) is 0 Å². The maximum absolute atomic E-state index is 5.54. The lowest BCUT2D eigenvalue weighted by Gasteiger charge is -2.29. The standard InChI is InChI=1S/C15H23N5O/c1-3-8-16-13-7-5-4-6-12(13)15-18-14(19-21-15)11-9-17-20(2)10-11/h9-10,12-13,16H,3-8H2,1-2H3. The second kappa shape index (κ2) is 6.39. The summed E-state index contributed by atoms with van der Waals surface area (Å²) >= 11 is 0. The summed E-state index contributed by atoms with van der Waals surface area (Å²) in [5, 5.41) is 11.9. The van der Waals surface area contributed by atoms with Gasteiger partial charge in [0, 0.05) is 19.3 Å². The number of hydrogen-bond acceptors (Lipinski definition) is 5. The third-order valence-electron chi connectivity index (χ3n) is 4.14. The highest BCUT2D eigenvalue weighted by molar-refractivity contribution is 5.51. The van der Waals surface area contributed by atoms with E-state index in [1.807, 2.05) is 13.2 Å². The Morgan fingerprint density at radius 3 is 3.00 bits per heavy atom. The molecule has 2 heterocycles. The monoisotopic (exact) mass is 289 g/mol. The molecule has 0 spiro atoms. The molecule has 0 aromatic carbocycles. The molecule has 6 heteroatoms. The van der Waals surface area contributed by atoms with E-state index in [-0.39, 0.29) is 0 Å². The van der Waals surface area contributed by atoms with Crippen LogP contribution in [0.25, 0.3) is 11.4 Å². The van der Waals surface area contributed by atoms with Gasteiger partial charge < -0.3 is 9.84 Å². The summed E-state index contributed by atoms with van der Waals surface area (Å²) in [4.78, 5) is 4.60. The van der Waals surface area contributed by atoms with Crippen LogP contribution in [0.4, 0.5) is 0 Å². The highest BCUT2D eigenvalue weighted by Crippen LogP contribution is 2.33. The number of rotatable bonds is 5. The number of nitrogens with one attached hydrogen (secondary N) is 1. The van der Waals surface area contributed by atoms with Crippen LogP contribution in [0.1, 0.15) is 50.8 Å². The Hall–Kier alpha value is -1.69. The molecule has 2 aromatic rings. The minimum atomic E-state index is 0.336. The van der Waals surface area contributed by atoms with Crippen molar-refractivity contribution in [1.29, 1.82) is 0 Å². The molecular formula is C15H23N5O. The first-order chi connectivity index (χ1) is 10.3. The number of aromatic nitrogens is 4. The van der Waals surface area contributed by atoms with E-state index >= 15 is 0 Å². The number of nitrogens with zero attached hydrogens (tertiary/aromatic N) is 4. The first-order valence-electron chi connectivity index (χ1n) is 7.84. The molecule has 114 valence electrons. The van der Waals surface area contributed by atoms with E-state index in [9.17, 15) is 0 Å². The third-order valence-corrected chi connectivity index (χ3v) is 4.14. The van der Waals surface area contributed by atoms with E-state index in [0.29, 0.717) is 17.8 Å². The zero-order chi connectivity index (χ0) is 14.7. The lowest BCUT2D eigenvalue weighted by Crippen LogP contribution is -2.37. The van der Waals surface area contributed by atoms with Crippen LogP contribution in [0.5, 0.6) is 0 Å². The molecule has 0 saturated heterocycles. The molecule has 1 fully saturated rings. The highest BCUT2D eigenvalue weighted by atomic mass is 16.5. The SMILES string of the molecule is CCCNC1CCCCC1c1nc(-c2cnn(C)c2)no1. The second-order valence-electron chi connectivity index (χ2n) is 5.81. The minimum absolute atomic E-state index is 0.336. The Bertz CT molecular complexity index is 576. The van der Waals surface area contributed by atoms with E-state index < -0.39 is 0 Å². The number of hydrogen-bond donors (Lipinski definition) is 1. The first-order valence-corrected chi connectivity index (χ1v) is 7.84. The van der Waals surface area contributed by atoms with Gasteiger partial charge in [0.2, 0.25) is 11.7 Å². The third kappa shape index (κ3) is 3.15. The van der Waals surface area contributed by atoms with Gasteiger partial charge in [-0.15, -0.1) is 0 Å². The predicted molar refractivity (Wildman–Crippen MR) is 79.8 cm³/mol. The summed E-state index contributed by atoms with van der Waals surface area (Å²) in [6.07, 6.45) is 9.64. The van der Waals surface area contributed by atoms with Crippen LogP contribution in [0.3, 0.4) is 0 Å². The van der Waals surface area contributed by atoms with Gasteiger partial charge in [0.1, 0.15) is 0 Å². The maximum atomic E-state index is 5.54. The topological polar surface area (TPSA) is 68.8 Å². The van der Waals surface area contributed by atoms with Gasteiger partial charge >= 0.3 is 0 Å². The fourth-order valence-corrected chi connectivity index (χ4v) is 3.04. The van der Waals surface area contributed by atoms with E-state index in [1.54, 1.807) is 10.9 Å². The van der Waals surface area contributed by atoms with E-state index in [1.165, 1.54) is 19.3 Å². The summed E-state index contributed by atoms with van der Waals surface area (Å²) in [5.74, 6) is 1.74. The van der Waals surface area contributed by atoms with Gasteiger partial charge in [-0.25, -0.2) is 0 Å². The fourth-order valence-electron chi connectivity index (χ4n) is 3.04. The molecule has 0 aliphatic heterocycles. The van der Waals surface area contributed by atoms with Gasteiger partial charge in [-0.2, -0.15) is 10.1 Å². The molecule has 1 N–H and O–H groups in total. The molecule has 0 amide bonds. The van der Waals surface area contributed by atoms with Gasteiger partial charge in [-0.1, -0.05) is 24.9 Å². The molecule has 2 aromatic heterocycles. The van der Waals surface area contributed by atoms with Crippen molar-refractivity contribution < 1.29 is 4.52 Å². The fraction of sp³-hybridized carbons (Fsp3) is 0.667. The lowest BCUT2D eigenvalue weighted by atomic mass is 9.84. The molecule has 6 nitrogen and oxygen atoms in total. The average molecular weight is 289 g/mol. The van der Waals surface area contributed by atoms with Crippen LogP contribution >= 0.6 is 0 Å². The zero-order valence-corrected chi connectivity index (χ0v) is 12.7. The Morgan fingerprint density at radius 2 is 2.24 bits per heavy atom. The summed E-state index contributed by atoms with van der Waals surface area (Å²) in [6, 6.07) is 0.459. The minimum Gasteiger partial charge on any atom is -0.339 e. The Kier molecular flexibility index (Phi) is 4.34.